The van der Waals surface area contributed by atoms with Gasteiger partial charge in [0.15, 0.2) is 0 Å². The van der Waals surface area contributed by atoms with E-state index in [1.165, 1.54) is 0 Å². The molecule has 0 saturated heterocycles. The van der Waals surface area contributed by atoms with Crippen LogP contribution in [0.25, 0.3) is 0 Å². The summed E-state index contributed by atoms with van der Waals surface area (Å²) in [5, 5.41) is 2.02. The summed E-state index contributed by atoms with van der Waals surface area (Å²) in [5.74, 6) is 0.633. The highest BCUT2D eigenvalue weighted by molar-refractivity contribution is 7.09. The van der Waals surface area contributed by atoms with Crippen LogP contribution in [-0.2, 0) is 6.54 Å². The molecular formula is C18H16N2OS. The van der Waals surface area contributed by atoms with Gasteiger partial charge in [-0.2, -0.15) is 0 Å². The summed E-state index contributed by atoms with van der Waals surface area (Å²) < 4.78 is 0. The second-order valence-corrected chi connectivity index (χ2v) is 6.06. The van der Waals surface area contributed by atoms with Gasteiger partial charge < -0.3 is 0 Å². The quantitative estimate of drug-likeness (QED) is 0.720. The molecule has 0 spiro atoms. The topological polar surface area (TPSA) is 33.2 Å². The summed E-state index contributed by atoms with van der Waals surface area (Å²) in [6, 6.07) is 17.3. The van der Waals surface area contributed by atoms with Crippen molar-refractivity contribution >= 4 is 23.1 Å². The number of carbonyl (C=O) groups excluding carboxylic acids is 1. The van der Waals surface area contributed by atoms with E-state index >= 15 is 0 Å². The number of pyridine rings is 1. The van der Waals surface area contributed by atoms with Gasteiger partial charge in [0.2, 0.25) is 0 Å². The molecule has 0 atom stereocenters. The Morgan fingerprint density at radius 2 is 1.91 bits per heavy atom. The average molecular weight is 308 g/mol. The fourth-order valence-electron chi connectivity index (χ4n) is 2.18. The number of nitrogens with zero attached hydrogens (tertiary/aromatic N) is 2. The van der Waals surface area contributed by atoms with Crippen LogP contribution in [0.3, 0.4) is 0 Å². The number of benzene rings is 1. The van der Waals surface area contributed by atoms with Crippen molar-refractivity contribution in [1.29, 1.82) is 0 Å². The predicted molar refractivity (Wildman–Crippen MR) is 90.2 cm³/mol. The molecule has 3 rings (SSSR count). The molecule has 0 unspecified atom stereocenters. The van der Waals surface area contributed by atoms with E-state index in [4.69, 9.17) is 0 Å². The van der Waals surface area contributed by atoms with Gasteiger partial charge in [-0.15, -0.1) is 11.3 Å². The van der Waals surface area contributed by atoms with Crippen LogP contribution in [-0.4, -0.2) is 10.9 Å². The van der Waals surface area contributed by atoms with Crippen molar-refractivity contribution < 1.29 is 4.79 Å². The van der Waals surface area contributed by atoms with Crippen LogP contribution in [0.4, 0.5) is 5.82 Å². The lowest BCUT2D eigenvalue weighted by Gasteiger charge is -2.21. The van der Waals surface area contributed by atoms with Crippen LogP contribution in [0.1, 0.15) is 20.8 Å². The standard InChI is InChI=1S/C18H16N2OS/c1-14-7-9-15(10-8-14)18(21)20(13-16-5-4-12-22-16)17-6-2-3-11-19-17/h2-12H,13H2,1H3. The second kappa shape index (κ2) is 6.54. The Bertz CT molecular complexity index is 737. The van der Waals surface area contributed by atoms with Gasteiger partial charge in [-0.3, -0.25) is 9.69 Å². The molecule has 0 fully saturated rings. The zero-order chi connectivity index (χ0) is 15.4. The zero-order valence-electron chi connectivity index (χ0n) is 12.3. The van der Waals surface area contributed by atoms with E-state index in [0.29, 0.717) is 17.9 Å². The van der Waals surface area contributed by atoms with Gasteiger partial charge in [0.25, 0.3) is 5.91 Å². The SMILES string of the molecule is Cc1ccc(C(=O)N(Cc2cccs2)c2ccccn2)cc1. The number of anilines is 1. The van der Waals surface area contributed by atoms with Gasteiger partial charge in [-0.05, 0) is 42.6 Å². The Morgan fingerprint density at radius 1 is 1.09 bits per heavy atom. The molecule has 1 aromatic carbocycles. The van der Waals surface area contributed by atoms with E-state index in [1.54, 1.807) is 22.4 Å². The lowest BCUT2D eigenvalue weighted by molar-refractivity contribution is 0.0984. The van der Waals surface area contributed by atoms with E-state index in [0.717, 1.165) is 10.4 Å². The maximum absolute atomic E-state index is 12.9. The minimum Gasteiger partial charge on any atom is -0.287 e. The highest BCUT2D eigenvalue weighted by Gasteiger charge is 2.19. The maximum atomic E-state index is 12.9. The van der Waals surface area contributed by atoms with Gasteiger partial charge in [-0.25, -0.2) is 4.98 Å². The number of aromatic nitrogens is 1. The molecule has 0 saturated carbocycles. The molecule has 0 N–H and O–H groups in total. The molecular weight excluding hydrogens is 292 g/mol. The average Bonchev–Trinajstić information content (AvgIpc) is 3.07. The Balaban J connectivity index is 1.94. The molecule has 0 radical (unpaired) electrons. The van der Waals surface area contributed by atoms with Crippen molar-refractivity contribution in [2.24, 2.45) is 0 Å². The lowest BCUT2D eigenvalue weighted by atomic mass is 10.1. The largest absolute Gasteiger partial charge is 0.287 e. The number of hydrogen-bond donors (Lipinski definition) is 0. The molecule has 0 aliphatic heterocycles. The van der Waals surface area contributed by atoms with Crippen molar-refractivity contribution in [3.8, 4) is 0 Å². The minimum absolute atomic E-state index is 0.0351. The first kappa shape index (κ1) is 14.5. The molecule has 2 heterocycles. The smallest absolute Gasteiger partial charge is 0.259 e. The van der Waals surface area contributed by atoms with Crippen LogP contribution in [0.15, 0.2) is 66.2 Å². The van der Waals surface area contributed by atoms with Crippen LogP contribution in [0.5, 0.6) is 0 Å². The Labute approximate surface area is 133 Å². The maximum Gasteiger partial charge on any atom is 0.259 e. The van der Waals surface area contributed by atoms with Crippen molar-refractivity contribution in [2.45, 2.75) is 13.5 Å². The van der Waals surface area contributed by atoms with Crippen LogP contribution in [0.2, 0.25) is 0 Å². The summed E-state index contributed by atoms with van der Waals surface area (Å²) in [6.07, 6.45) is 1.71. The minimum atomic E-state index is -0.0351. The predicted octanol–water partition coefficient (Wildman–Crippen LogP) is 4.30. The second-order valence-electron chi connectivity index (χ2n) is 5.02. The molecule has 110 valence electrons. The molecule has 4 heteroatoms. The molecule has 1 amide bonds. The summed E-state index contributed by atoms with van der Waals surface area (Å²) in [4.78, 5) is 20.1. The fourth-order valence-corrected chi connectivity index (χ4v) is 2.87. The summed E-state index contributed by atoms with van der Waals surface area (Å²) in [5.41, 5.74) is 1.81. The van der Waals surface area contributed by atoms with Gasteiger partial charge in [0.1, 0.15) is 5.82 Å². The van der Waals surface area contributed by atoms with Crippen molar-refractivity contribution in [2.75, 3.05) is 4.90 Å². The van der Waals surface area contributed by atoms with Crippen molar-refractivity contribution in [3.05, 3.63) is 82.2 Å². The van der Waals surface area contributed by atoms with Crippen molar-refractivity contribution in [3.63, 3.8) is 0 Å². The summed E-state index contributed by atoms with van der Waals surface area (Å²) in [6.45, 7) is 2.54. The van der Waals surface area contributed by atoms with Crippen molar-refractivity contribution in [1.82, 2.24) is 4.98 Å². The number of hydrogen-bond acceptors (Lipinski definition) is 3. The molecule has 0 bridgehead atoms. The first-order chi connectivity index (χ1) is 10.7. The van der Waals surface area contributed by atoms with E-state index < -0.39 is 0 Å². The number of amides is 1. The highest BCUT2D eigenvalue weighted by atomic mass is 32.1. The summed E-state index contributed by atoms with van der Waals surface area (Å²) in [7, 11) is 0. The molecule has 3 nitrogen and oxygen atoms in total. The molecule has 0 aliphatic carbocycles. The number of aryl methyl sites for hydroxylation is 1. The van der Waals surface area contributed by atoms with Crippen LogP contribution in [0, 0.1) is 6.92 Å². The van der Waals surface area contributed by atoms with E-state index in [1.807, 2.05) is 66.9 Å². The third kappa shape index (κ3) is 3.23. The van der Waals surface area contributed by atoms with Gasteiger partial charge in [0, 0.05) is 16.6 Å². The zero-order valence-corrected chi connectivity index (χ0v) is 13.1. The normalized spacial score (nSPS) is 10.4. The highest BCUT2D eigenvalue weighted by Crippen LogP contribution is 2.20. The lowest BCUT2D eigenvalue weighted by Crippen LogP contribution is -2.30. The molecule has 2 aromatic heterocycles. The number of thiophene rings is 1. The first-order valence-corrected chi connectivity index (χ1v) is 7.94. The van der Waals surface area contributed by atoms with E-state index in [2.05, 4.69) is 4.98 Å². The fraction of sp³-hybridized carbons (Fsp3) is 0.111. The number of carbonyl (C=O) groups is 1. The van der Waals surface area contributed by atoms with E-state index in [-0.39, 0.29) is 5.91 Å². The monoisotopic (exact) mass is 308 g/mol. The van der Waals surface area contributed by atoms with Crippen LogP contribution >= 0.6 is 11.3 Å². The molecule has 3 aromatic rings. The third-order valence-electron chi connectivity index (χ3n) is 3.36. The first-order valence-electron chi connectivity index (χ1n) is 7.06. The Morgan fingerprint density at radius 3 is 2.55 bits per heavy atom. The summed E-state index contributed by atoms with van der Waals surface area (Å²) >= 11 is 1.64. The van der Waals surface area contributed by atoms with Gasteiger partial charge in [-0.1, -0.05) is 29.8 Å². The third-order valence-corrected chi connectivity index (χ3v) is 4.22. The Kier molecular flexibility index (Phi) is 4.30. The molecule has 0 aliphatic rings. The molecule has 22 heavy (non-hydrogen) atoms. The van der Waals surface area contributed by atoms with Gasteiger partial charge >= 0.3 is 0 Å². The Hall–Kier alpha value is -2.46. The van der Waals surface area contributed by atoms with Crippen LogP contribution < -0.4 is 4.90 Å². The number of rotatable bonds is 4. The van der Waals surface area contributed by atoms with Gasteiger partial charge in [0.05, 0.1) is 6.54 Å². The van der Waals surface area contributed by atoms with E-state index in [9.17, 15) is 4.79 Å².